The van der Waals surface area contributed by atoms with Crippen molar-refractivity contribution in [2.24, 2.45) is 0 Å². The third-order valence-electron chi connectivity index (χ3n) is 1.39. The number of hydrogen-bond donors (Lipinski definition) is 1. The second kappa shape index (κ2) is 3.69. The lowest BCUT2D eigenvalue weighted by atomic mass is 10.2. The summed E-state index contributed by atoms with van der Waals surface area (Å²) < 4.78 is 0. The molecule has 2 nitrogen and oxygen atoms in total. The van der Waals surface area contributed by atoms with Gasteiger partial charge in [0, 0.05) is 18.3 Å². The molecule has 1 rings (SSSR count). The van der Waals surface area contributed by atoms with Crippen LogP contribution in [0.1, 0.15) is 12.6 Å². The van der Waals surface area contributed by atoms with Crippen molar-refractivity contribution in [3.05, 3.63) is 35.7 Å². The van der Waals surface area contributed by atoms with Crippen molar-refractivity contribution in [2.75, 3.05) is 0 Å². The standard InChI is InChI=1S/C9H10N2/c1-8(7-10)6-9-4-2-3-5-11-9/h2-5,10H,6H2,1H3. The molecule has 0 bridgehead atoms. The lowest BCUT2D eigenvalue weighted by molar-refractivity contribution is 1.06. The van der Waals surface area contributed by atoms with Crippen LogP contribution in [0.25, 0.3) is 0 Å². The van der Waals surface area contributed by atoms with Crippen molar-refractivity contribution in [1.82, 2.24) is 4.98 Å². The Morgan fingerprint density at radius 3 is 3.00 bits per heavy atom. The Morgan fingerprint density at radius 2 is 2.45 bits per heavy atom. The fourth-order valence-electron chi connectivity index (χ4n) is 0.819. The van der Waals surface area contributed by atoms with Gasteiger partial charge in [-0.25, -0.2) is 0 Å². The summed E-state index contributed by atoms with van der Waals surface area (Å²) in [4.78, 5) is 4.12. The monoisotopic (exact) mass is 146 g/mol. The van der Waals surface area contributed by atoms with Crippen LogP contribution >= 0.6 is 0 Å². The maximum absolute atomic E-state index is 6.84. The van der Waals surface area contributed by atoms with E-state index >= 15 is 0 Å². The van der Waals surface area contributed by atoms with Gasteiger partial charge in [0.25, 0.3) is 0 Å². The van der Waals surface area contributed by atoms with Gasteiger partial charge in [0.2, 0.25) is 0 Å². The van der Waals surface area contributed by atoms with Crippen molar-refractivity contribution in [3.63, 3.8) is 0 Å². The van der Waals surface area contributed by atoms with Gasteiger partial charge in [0.15, 0.2) is 0 Å². The molecule has 0 saturated carbocycles. The normalized spacial score (nSPS) is 8.82. The Labute approximate surface area is 66.1 Å². The first-order valence-corrected chi connectivity index (χ1v) is 3.48. The van der Waals surface area contributed by atoms with E-state index in [0.717, 1.165) is 17.7 Å². The Bertz CT molecular complexity index is 271. The first kappa shape index (κ1) is 7.70. The third-order valence-corrected chi connectivity index (χ3v) is 1.39. The van der Waals surface area contributed by atoms with E-state index in [1.807, 2.05) is 25.1 Å². The van der Waals surface area contributed by atoms with Crippen LogP contribution in [0.15, 0.2) is 30.0 Å². The zero-order chi connectivity index (χ0) is 8.10. The largest absolute Gasteiger partial charge is 0.261 e. The molecule has 0 aliphatic rings. The number of allylic oxidation sites excluding steroid dienone is 1. The first-order valence-electron chi connectivity index (χ1n) is 3.48. The SMILES string of the molecule is CC(=C=N)Cc1ccccn1. The lowest BCUT2D eigenvalue weighted by Crippen LogP contribution is -1.89. The van der Waals surface area contributed by atoms with E-state index in [-0.39, 0.29) is 0 Å². The molecule has 0 unspecified atom stereocenters. The van der Waals surface area contributed by atoms with Crippen LogP contribution in [0.5, 0.6) is 0 Å². The van der Waals surface area contributed by atoms with Gasteiger partial charge < -0.3 is 0 Å². The maximum atomic E-state index is 6.84. The molecule has 0 aliphatic carbocycles. The van der Waals surface area contributed by atoms with E-state index in [1.165, 1.54) is 0 Å². The van der Waals surface area contributed by atoms with Gasteiger partial charge in [-0.15, -0.1) is 0 Å². The predicted octanol–water partition coefficient (Wildman–Crippen LogP) is 1.82. The molecule has 1 heterocycles. The van der Waals surface area contributed by atoms with Crippen molar-refractivity contribution < 1.29 is 0 Å². The Morgan fingerprint density at radius 1 is 1.64 bits per heavy atom. The highest BCUT2D eigenvalue weighted by atomic mass is 14.7. The minimum Gasteiger partial charge on any atom is -0.261 e. The van der Waals surface area contributed by atoms with Crippen molar-refractivity contribution in [3.8, 4) is 0 Å². The van der Waals surface area contributed by atoms with Crippen LogP contribution in [0.2, 0.25) is 0 Å². The summed E-state index contributed by atoms with van der Waals surface area (Å²) in [6.45, 7) is 1.88. The van der Waals surface area contributed by atoms with Crippen LogP contribution in [0.4, 0.5) is 0 Å². The highest BCUT2D eigenvalue weighted by molar-refractivity contribution is 5.54. The zero-order valence-electron chi connectivity index (χ0n) is 6.46. The molecule has 56 valence electrons. The molecule has 1 aromatic rings. The maximum Gasteiger partial charge on any atom is 0.0450 e. The molecule has 0 saturated heterocycles. The Hall–Kier alpha value is -1.40. The number of rotatable bonds is 2. The highest BCUT2D eigenvalue weighted by Crippen LogP contribution is 2.00. The van der Waals surface area contributed by atoms with E-state index in [9.17, 15) is 0 Å². The number of nitrogens with zero attached hydrogens (tertiary/aromatic N) is 1. The molecule has 0 spiro atoms. The van der Waals surface area contributed by atoms with Gasteiger partial charge >= 0.3 is 0 Å². The molecule has 2 heteroatoms. The minimum atomic E-state index is 0.727. The lowest BCUT2D eigenvalue weighted by Gasteiger charge is -1.95. The van der Waals surface area contributed by atoms with E-state index in [4.69, 9.17) is 5.41 Å². The zero-order valence-corrected chi connectivity index (χ0v) is 6.46. The first-order chi connectivity index (χ1) is 5.33. The summed E-state index contributed by atoms with van der Waals surface area (Å²) in [6.07, 6.45) is 2.48. The summed E-state index contributed by atoms with van der Waals surface area (Å²) in [5, 5.41) is 6.84. The fraction of sp³-hybridized carbons (Fsp3) is 0.222. The number of pyridine rings is 1. The molecule has 0 aliphatic heterocycles. The second-order valence-corrected chi connectivity index (χ2v) is 2.40. The van der Waals surface area contributed by atoms with E-state index in [2.05, 4.69) is 10.9 Å². The third kappa shape index (κ3) is 2.36. The molecule has 0 fully saturated rings. The summed E-state index contributed by atoms with van der Waals surface area (Å²) in [5.41, 5.74) is 1.90. The van der Waals surface area contributed by atoms with Gasteiger partial charge in [-0.05, 0) is 30.5 Å². The summed E-state index contributed by atoms with van der Waals surface area (Å²) in [5.74, 6) is 2.34. The molecule has 0 radical (unpaired) electrons. The van der Waals surface area contributed by atoms with Crippen LogP contribution in [-0.4, -0.2) is 10.9 Å². The molecular weight excluding hydrogens is 136 g/mol. The molecule has 1 aromatic heterocycles. The van der Waals surface area contributed by atoms with Gasteiger partial charge in [-0.3, -0.25) is 10.4 Å². The summed E-state index contributed by atoms with van der Waals surface area (Å²) in [7, 11) is 0. The second-order valence-electron chi connectivity index (χ2n) is 2.40. The number of nitrogens with one attached hydrogen (secondary N) is 1. The van der Waals surface area contributed by atoms with Crippen LogP contribution < -0.4 is 0 Å². The van der Waals surface area contributed by atoms with Gasteiger partial charge in [0.05, 0.1) is 0 Å². The van der Waals surface area contributed by atoms with E-state index < -0.39 is 0 Å². The topological polar surface area (TPSA) is 36.7 Å². The Kier molecular flexibility index (Phi) is 2.59. The number of aromatic nitrogens is 1. The molecule has 0 atom stereocenters. The van der Waals surface area contributed by atoms with Gasteiger partial charge in [-0.2, -0.15) is 0 Å². The minimum absolute atomic E-state index is 0.727. The van der Waals surface area contributed by atoms with Crippen LogP contribution in [0, 0.1) is 5.41 Å². The molecule has 0 amide bonds. The molecule has 11 heavy (non-hydrogen) atoms. The van der Waals surface area contributed by atoms with Crippen molar-refractivity contribution in [2.45, 2.75) is 13.3 Å². The predicted molar refractivity (Wildman–Crippen MR) is 44.9 cm³/mol. The van der Waals surface area contributed by atoms with Crippen molar-refractivity contribution >= 4 is 5.87 Å². The van der Waals surface area contributed by atoms with Gasteiger partial charge in [-0.1, -0.05) is 6.07 Å². The van der Waals surface area contributed by atoms with Crippen LogP contribution in [0.3, 0.4) is 0 Å². The smallest absolute Gasteiger partial charge is 0.0450 e. The molecular formula is C9H10N2. The van der Waals surface area contributed by atoms with E-state index in [0.29, 0.717) is 0 Å². The fourth-order valence-corrected chi connectivity index (χ4v) is 0.819. The summed E-state index contributed by atoms with van der Waals surface area (Å²) >= 11 is 0. The Balaban J connectivity index is 2.73. The van der Waals surface area contributed by atoms with Crippen molar-refractivity contribution in [1.29, 1.82) is 5.41 Å². The van der Waals surface area contributed by atoms with Crippen LogP contribution in [-0.2, 0) is 6.42 Å². The van der Waals surface area contributed by atoms with Gasteiger partial charge in [0.1, 0.15) is 0 Å². The quantitative estimate of drug-likeness (QED) is 0.635. The average Bonchev–Trinajstić information content (AvgIpc) is 2.06. The van der Waals surface area contributed by atoms with E-state index in [1.54, 1.807) is 6.20 Å². The average molecular weight is 146 g/mol. The molecule has 0 aromatic carbocycles. The molecule has 1 N–H and O–H groups in total. The number of hydrogen-bond acceptors (Lipinski definition) is 2. The summed E-state index contributed by atoms with van der Waals surface area (Å²) in [6, 6.07) is 5.77. The highest BCUT2D eigenvalue weighted by Gasteiger charge is 1.92.